The highest BCUT2D eigenvalue weighted by molar-refractivity contribution is 7.53. The molecule has 0 bridgehead atoms. The lowest BCUT2D eigenvalue weighted by Gasteiger charge is -2.23. The maximum absolute atomic E-state index is 12.6. The van der Waals surface area contributed by atoms with Gasteiger partial charge in [-0.2, -0.15) is 0 Å². The lowest BCUT2D eigenvalue weighted by molar-refractivity contribution is -0.145. The molecule has 166 valence electrons. The fourth-order valence-electron chi connectivity index (χ4n) is 2.44. The minimum Gasteiger partial charge on any atom is -0.479 e. The number of nitrogens with two attached hydrogens (primary N) is 1. The van der Waals surface area contributed by atoms with Crippen molar-refractivity contribution in [2.75, 3.05) is 5.32 Å². The lowest BCUT2D eigenvalue weighted by Crippen LogP contribution is -2.34. The van der Waals surface area contributed by atoms with Crippen LogP contribution in [-0.2, 0) is 25.2 Å². The summed E-state index contributed by atoms with van der Waals surface area (Å²) in [6.45, 7) is 1.14. The standard InChI is InChI=1S/C19H23N4O7P/c1-12(22-19(26)29-11-13-6-3-2-4-7-13)31(27,28)30-16(17(24)25)14-8-5-9-15(10-14)23-18(20)21/h2-10,12,16H,11H2,1H3,(H,22,26)(H,24,25)(H,27,28)(H4,20,21,23). The number of guanidine groups is 1. The minimum atomic E-state index is -4.63. The van der Waals surface area contributed by atoms with Crippen LogP contribution in [-0.4, -0.2) is 33.8 Å². The normalized spacial score (nSPS) is 14.5. The second-order valence-corrected chi connectivity index (χ2v) is 8.55. The van der Waals surface area contributed by atoms with Crippen molar-refractivity contribution >= 4 is 31.3 Å². The third-order valence-electron chi connectivity index (χ3n) is 3.98. The molecule has 1 amide bonds. The zero-order chi connectivity index (χ0) is 23.0. The largest absolute Gasteiger partial charge is 0.479 e. The molecule has 0 saturated heterocycles. The second kappa shape index (κ2) is 10.6. The van der Waals surface area contributed by atoms with Gasteiger partial charge in [-0.3, -0.25) is 14.5 Å². The van der Waals surface area contributed by atoms with Crippen molar-refractivity contribution in [1.29, 1.82) is 5.41 Å². The van der Waals surface area contributed by atoms with Gasteiger partial charge in [-0.25, -0.2) is 9.59 Å². The number of rotatable bonds is 9. The molecule has 3 unspecified atom stereocenters. The van der Waals surface area contributed by atoms with E-state index in [0.717, 1.165) is 5.56 Å². The predicted molar refractivity (Wildman–Crippen MR) is 112 cm³/mol. The lowest BCUT2D eigenvalue weighted by atomic mass is 10.1. The van der Waals surface area contributed by atoms with Gasteiger partial charge >= 0.3 is 19.7 Å². The molecule has 2 aromatic carbocycles. The quantitative estimate of drug-likeness (QED) is 0.190. The number of anilines is 1. The number of nitrogens with one attached hydrogen (secondary N) is 3. The van der Waals surface area contributed by atoms with Crippen LogP contribution < -0.4 is 16.4 Å². The monoisotopic (exact) mass is 450 g/mol. The highest BCUT2D eigenvalue weighted by Crippen LogP contribution is 2.50. The zero-order valence-corrected chi connectivity index (χ0v) is 17.4. The number of alkyl carbamates (subject to hydrolysis) is 1. The third-order valence-corrected chi connectivity index (χ3v) is 5.60. The first kappa shape index (κ1) is 23.9. The number of hydrogen-bond donors (Lipinski definition) is 6. The van der Waals surface area contributed by atoms with Crippen LogP contribution in [0.1, 0.15) is 24.2 Å². The maximum atomic E-state index is 12.6. The fourth-order valence-corrected chi connectivity index (χ4v) is 3.41. The average Bonchev–Trinajstić information content (AvgIpc) is 2.70. The highest BCUT2D eigenvalue weighted by Gasteiger charge is 2.37. The van der Waals surface area contributed by atoms with Crippen molar-refractivity contribution < 1.29 is 33.4 Å². The SMILES string of the molecule is CC(NC(=O)OCc1ccccc1)P(=O)(O)OC(C(=O)O)c1cccc(NC(=N)N)c1. The molecule has 0 heterocycles. The first-order valence-electron chi connectivity index (χ1n) is 9.00. The van der Waals surface area contributed by atoms with Crippen molar-refractivity contribution in [3.05, 3.63) is 65.7 Å². The Labute approximate surface area is 178 Å². The van der Waals surface area contributed by atoms with Gasteiger partial charge in [0.2, 0.25) is 0 Å². The number of hydrogen-bond acceptors (Lipinski definition) is 6. The van der Waals surface area contributed by atoms with E-state index in [4.69, 9.17) is 20.4 Å². The number of carboxylic acids is 1. The molecular weight excluding hydrogens is 427 g/mol. The number of carbonyl (C=O) groups excluding carboxylic acids is 1. The zero-order valence-electron chi connectivity index (χ0n) is 16.5. The van der Waals surface area contributed by atoms with Crippen molar-refractivity contribution in [3.8, 4) is 0 Å². The van der Waals surface area contributed by atoms with Gasteiger partial charge in [0, 0.05) is 5.69 Å². The summed E-state index contributed by atoms with van der Waals surface area (Å²) in [7, 11) is -4.63. The van der Waals surface area contributed by atoms with Gasteiger partial charge in [-0.1, -0.05) is 42.5 Å². The Morgan fingerprint density at radius 3 is 2.48 bits per heavy atom. The molecule has 0 saturated carbocycles. The molecule has 0 aliphatic heterocycles. The maximum Gasteiger partial charge on any atom is 0.408 e. The molecule has 0 radical (unpaired) electrons. The highest BCUT2D eigenvalue weighted by atomic mass is 31.2. The molecule has 7 N–H and O–H groups in total. The van der Waals surface area contributed by atoms with Gasteiger partial charge in [-0.15, -0.1) is 0 Å². The summed E-state index contributed by atoms with van der Waals surface area (Å²) in [5.74, 6) is -3.34. The minimum absolute atomic E-state index is 0.0341. The number of aliphatic carboxylic acids is 1. The van der Waals surface area contributed by atoms with E-state index in [1.807, 2.05) is 0 Å². The Bertz CT molecular complexity index is 986. The molecule has 3 atom stereocenters. The summed E-state index contributed by atoms with van der Waals surface area (Å²) in [5, 5.41) is 21.4. The molecule has 0 aromatic heterocycles. The third kappa shape index (κ3) is 7.41. The Morgan fingerprint density at radius 1 is 1.19 bits per heavy atom. The van der Waals surface area contributed by atoms with Crippen LogP contribution in [0.5, 0.6) is 0 Å². The molecular formula is C19H23N4O7P. The summed E-state index contributed by atoms with van der Waals surface area (Å²) >= 11 is 0. The number of benzene rings is 2. The number of carbonyl (C=O) groups is 2. The number of ether oxygens (including phenoxy) is 1. The van der Waals surface area contributed by atoms with Crippen LogP contribution in [0, 0.1) is 5.41 Å². The topological polar surface area (TPSA) is 184 Å². The van der Waals surface area contributed by atoms with Crippen LogP contribution >= 0.6 is 7.60 Å². The van der Waals surface area contributed by atoms with E-state index in [1.165, 1.54) is 31.2 Å². The van der Waals surface area contributed by atoms with Gasteiger partial charge in [0.15, 0.2) is 12.1 Å². The summed E-state index contributed by atoms with van der Waals surface area (Å²) in [6.07, 6.45) is -2.78. The van der Waals surface area contributed by atoms with Gasteiger partial charge in [-0.05, 0) is 30.2 Å². The van der Waals surface area contributed by atoms with Crippen LogP contribution in [0.4, 0.5) is 10.5 Å². The van der Waals surface area contributed by atoms with E-state index < -0.39 is 31.5 Å². The Kier molecular flexibility index (Phi) is 8.14. The molecule has 2 aromatic rings. The van der Waals surface area contributed by atoms with E-state index >= 15 is 0 Å². The molecule has 0 fully saturated rings. The Hall–Kier alpha value is -3.40. The van der Waals surface area contributed by atoms with Gasteiger partial charge in [0.05, 0.1) is 0 Å². The van der Waals surface area contributed by atoms with Crippen molar-refractivity contribution in [3.63, 3.8) is 0 Å². The van der Waals surface area contributed by atoms with E-state index in [9.17, 15) is 24.2 Å². The molecule has 11 nitrogen and oxygen atoms in total. The molecule has 31 heavy (non-hydrogen) atoms. The first-order chi connectivity index (χ1) is 14.6. The van der Waals surface area contributed by atoms with Gasteiger partial charge in [0.25, 0.3) is 0 Å². The van der Waals surface area contributed by atoms with Crippen LogP contribution in [0.2, 0.25) is 0 Å². The van der Waals surface area contributed by atoms with Crippen LogP contribution in [0.25, 0.3) is 0 Å². The summed E-state index contributed by atoms with van der Waals surface area (Å²) in [6, 6.07) is 14.5. The van der Waals surface area contributed by atoms with Crippen LogP contribution in [0.15, 0.2) is 54.6 Å². The first-order valence-corrected chi connectivity index (χ1v) is 10.6. The molecule has 0 aliphatic rings. The smallest absolute Gasteiger partial charge is 0.408 e. The molecule has 2 rings (SSSR count). The average molecular weight is 450 g/mol. The van der Waals surface area contributed by atoms with Gasteiger partial charge in [0.1, 0.15) is 12.4 Å². The molecule has 12 heteroatoms. The van der Waals surface area contributed by atoms with Gasteiger partial charge < -0.3 is 31.1 Å². The van der Waals surface area contributed by atoms with Crippen molar-refractivity contribution in [2.45, 2.75) is 25.4 Å². The van der Waals surface area contributed by atoms with E-state index in [2.05, 4.69) is 10.6 Å². The van der Waals surface area contributed by atoms with Crippen LogP contribution in [0.3, 0.4) is 0 Å². The van der Waals surface area contributed by atoms with Crippen molar-refractivity contribution in [2.24, 2.45) is 5.73 Å². The summed E-state index contributed by atoms with van der Waals surface area (Å²) in [4.78, 5) is 33.8. The predicted octanol–water partition coefficient (Wildman–Crippen LogP) is 2.59. The second-order valence-electron chi connectivity index (χ2n) is 6.43. The summed E-state index contributed by atoms with van der Waals surface area (Å²) in [5.41, 5.74) is 6.30. The number of carboxylic acid groups (broad SMARTS) is 1. The van der Waals surface area contributed by atoms with E-state index in [1.54, 1.807) is 30.3 Å². The molecule has 0 aliphatic carbocycles. The molecule has 0 spiro atoms. The number of amides is 1. The Balaban J connectivity index is 2.04. The van der Waals surface area contributed by atoms with Crippen molar-refractivity contribution in [1.82, 2.24) is 5.32 Å². The van der Waals surface area contributed by atoms with E-state index in [-0.39, 0.29) is 18.1 Å². The van der Waals surface area contributed by atoms with E-state index in [0.29, 0.717) is 5.69 Å². The summed E-state index contributed by atoms with van der Waals surface area (Å²) < 4.78 is 22.6. The Morgan fingerprint density at radius 2 is 1.87 bits per heavy atom. The fraction of sp³-hybridized carbons (Fsp3) is 0.211.